The largest absolute Gasteiger partial charge is 0.493 e. The zero-order chi connectivity index (χ0) is 21.5. The summed E-state index contributed by atoms with van der Waals surface area (Å²) in [5.41, 5.74) is 1.72. The van der Waals surface area contributed by atoms with Crippen molar-refractivity contribution < 1.29 is 26.7 Å². The highest BCUT2D eigenvalue weighted by Gasteiger charge is 2.39. The monoisotopic (exact) mass is 451 g/mol. The van der Waals surface area contributed by atoms with E-state index in [2.05, 4.69) is 0 Å². The Morgan fingerprint density at radius 2 is 1.77 bits per heavy atom. The van der Waals surface area contributed by atoms with Crippen molar-refractivity contribution in [2.75, 3.05) is 20.8 Å². The minimum absolute atomic E-state index is 0.187. The van der Waals surface area contributed by atoms with Gasteiger partial charge in [-0.15, -0.1) is 11.3 Å². The number of nitrogens with zero attached hydrogens (tertiary/aromatic N) is 1. The molecule has 1 aliphatic heterocycles. The van der Waals surface area contributed by atoms with Gasteiger partial charge in [-0.1, -0.05) is 6.07 Å². The number of benzene rings is 2. The van der Waals surface area contributed by atoms with Gasteiger partial charge in [-0.2, -0.15) is 4.31 Å². The van der Waals surface area contributed by atoms with Crippen molar-refractivity contribution in [3.63, 3.8) is 0 Å². The maximum atomic E-state index is 13.8. The molecule has 1 atom stereocenters. The van der Waals surface area contributed by atoms with Crippen LogP contribution in [0.5, 0.6) is 11.5 Å². The van der Waals surface area contributed by atoms with E-state index in [0.29, 0.717) is 17.9 Å². The highest BCUT2D eigenvalue weighted by atomic mass is 32.2. The molecule has 1 aliphatic rings. The van der Waals surface area contributed by atoms with Gasteiger partial charge < -0.3 is 9.47 Å². The van der Waals surface area contributed by atoms with E-state index in [4.69, 9.17) is 9.47 Å². The average Bonchev–Trinajstić information content (AvgIpc) is 3.28. The molecule has 0 saturated carbocycles. The van der Waals surface area contributed by atoms with Gasteiger partial charge in [-0.05, 0) is 59.3 Å². The van der Waals surface area contributed by atoms with E-state index >= 15 is 0 Å². The van der Waals surface area contributed by atoms with Gasteiger partial charge in [-0.25, -0.2) is 17.2 Å². The molecule has 0 aliphatic carbocycles. The van der Waals surface area contributed by atoms with Gasteiger partial charge in [0.2, 0.25) is 10.0 Å². The topological polar surface area (TPSA) is 55.8 Å². The van der Waals surface area contributed by atoms with E-state index in [1.165, 1.54) is 22.8 Å². The summed E-state index contributed by atoms with van der Waals surface area (Å²) in [6.07, 6.45) is 0.445. The van der Waals surface area contributed by atoms with Crippen LogP contribution in [0.25, 0.3) is 0 Å². The Hall–Kier alpha value is -2.49. The van der Waals surface area contributed by atoms with Crippen molar-refractivity contribution in [3.8, 4) is 11.5 Å². The fourth-order valence-corrected chi connectivity index (χ4v) is 6.22. The molecule has 0 unspecified atom stereocenters. The molecule has 0 amide bonds. The SMILES string of the molecule is COc1cc2c(cc1OC)[C@H](c1cccs1)N(S(=O)(=O)c1ccc(F)c(F)c1)CC2. The van der Waals surface area contributed by atoms with Crippen LogP contribution in [0.15, 0.2) is 52.7 Å². The summed E-state index contributed by atoms with van der Waals surface area (Å²) < 4.78 is 66.2. The molecule has 4 rings (SSSR count). The Morgan fingerprint density at radius 3 is 2.40 bits per heavy atom. The van der Waals surface area contributed by atoms with E-state index in [9.17, 15) is 17.2 Å². The van der Waals surface area contributed by atoms with Crippen molar-refractivity contribution in [2.45, 2.75) is 17.4 Å². The molecule has 5 nitrogen and oxygen atoms in total. The van der Waals surface area contributed by atoms with E-state index in [-0.39, 0.29) is 11.4 Å². The molecule has 2 aromatic carbocycles. The van der Waals surface area contributed by atoms with Crippen LogP contribution in [0.1, 0.15) is 22.0 Å². The molecule has 0 fully saturated rings. The standard InChI is InChI=1S/C21H19F2NO4S2/c1-27-18-10-13-7-8-24(30(25,26)14-5-6-16(22)17(23)11-14)21(20-4-3-9-29-20)15(13)12-19(18)28-2/h3-6,9-12,21H,7-8H2,1-2H3/t21-/m1/s1. The third-order valence-electron chi connectivity index (χ3n) is 5.14. The van der Waals surface area contributed by atoms with Crippen LogP contribution in [0, 0.1) is 11.6 Å². The highest BCUT2D eigenvalue weighted by molar-refractivity contribution is 7.89. The van der Waals surface area contributed by atoms with E-state index in [0.717, 1.165) is 34.2 Å². The summed E-state index contributed by atoms with van der Waals surface area (Å²) in [4.78, 5) is 0.529. The van der Waals surface area contributed by atoms with Crippen molar-refractivity contribution in [1.29, 1.82) is 0 Å². The smallest absolute Gasteiger partial charge is 0.244 e. The number of fused-ring (bicyclic) bond motifs is 1. The van der Waals surface area contributed by atoms with Crippen molar-refractivity contribution in [1.82, 2.24) is 4.31 Å². The molecule has 0 N–H and O–H groups in total. The molecular weight excluding hydrogens is 432 g/mol. The second-order valence-electron chi connectivity index (χ2n) is 6.77. The van der Waals surface area contributed by atoms with Crippen LogP contribution >= 0.6 is 11.3 Å². The summed E-state index contributed by atoms with van der Waals surface area (Å²) in [5, 5.41) is 1.87. The first-order chi connectivity index (χ1) is 14.4. The molecule has 0 bridgehead atoms. The Labute approximate surface area is 177 Å². The number of hydrogen-bond donors (Lipinski definition) is 0. The molecule has 2 heterocycles. The van der Waals surface area contributed by atoms with Gasteiger partial charge in [0.25, 0.3) is 0 Å². The number of halogens is 2. The normalized spacial score (nSPS) is 16.9. The Morgan fingerprint density at radius 1 is 1.03 bits per heavy atom. The molecular formula is C21H19F2NO4S2. The van der Waals surface area contributed by atoms with Crippen LogP contribution in [0.2, 0.25) is 0 Å². The lowest BCUT2D eigenvalue weighted by Gasteiger charge is -2.36. The third kappa shape index (κ3) is 3.46. The zero-order valence-electron chi connectivity index (χ0n) is 16.3. The highest BCUT2D eigenvalue weighted by Crippen LogP contribution is 2.44. The van der Waals surface area contributed by atoms with Crippen molar-refractivity contribution in [3.05, 3.63) is 75.5 Å². The van der Waals surface area contributed by atoms with E-state index in [1.807, 2.05) is 23.6 Å². The number of ether oxygens (including phenoxy) is 2. The Kier molecular flexibility index (Phi) is 5.52. The van der Waals surface area contributed by atoms with Gasteiger partial charge in [0, 0.05) is 11.4 Å². The van der Waals surface area contributed by atoms with Gasteiger partial charge in [0.05, 0.1) is 25.2 Å². The Balaban J connectivity index is 1.88. The van der Waals surface area contributed by atoms with Crippen molar-refractivity contribution in [2.24, 2.45) is 0 Å². The predicted molar refractivity (Wildman–Crippen MR) is 110 cm³/mol. The quantitative estimate of drug-likeness (QED) is 0.578. The van der Waals surface area contributed by atoms with E-state index < -0.39 is 27.7 Å². The average molecular weight is 452 g/mol. The molecule has 0 radical (unpaired) electrons. The maximum Gasteiger partial charge on any atom is 0.244 e. The van der Waals surface area contributed by atoms with Crippen LogP contribution < -0.4 is 9.47 Å². The fraction of sp³-hybridized carbons (Fsp3) is 0.238. The lowest BCUT2D eigenvalue weighted by Crippen LogP contribution is -2.40. The van der Waals surface area contributed by atoms with Gasteiger partial charge in [0.1, 0.15) is 0 Å². The molecule has 30 heavy (non-hydrogen) atoms. The first-order valence-corrected chi connectivity index (χ1v) is 11.4. The molecule has 9 heteroatoms. The van der Waals surface area contributed by atoms with Crippen LogP contribution in [-0.2, 0) is 16.4 Å². The summed E-state index contributed by atoms with van der Waals surface area (Å²) in [7, 11) is -1.03. The third-order valence-corrected chi connectivity index (χ3v) is 7.93. The number of thiophene rings is 1. The maximum absolute atomic E-state index is 13.8. The number of hydrogen-bond acceptors (Lipinski definition) is 5. The van der Waals surface area contributed by atoms with E-state index in [1.54, 1.807) is 13.2 Å². The molecule has 1 aromatic heterocycles. The number of sulfonamides is 1. The first-order valence-electron chi connectivity index (χ1n) is 9.12. The second kappa shape index (κ2) is 7.98. The second-order valence-corrected chi connectivity index (χ2v) is 9.64. The summed E-state index contributed by atoms with van der Waals surface area (Å²) in [5.74, 6) is -1.24. The first kappa shape index (κ1) is 20.8. The molecule has 0 spiro atoms. The Bertz CT molecular complexity index is 1180. The fourth-order valence-electron chi connectivity index (χ4n) is 3.70. The number of rotatable bonds is 5. The minimum atomic E-state index is -4.09. The summed E-state index contributed by atoms with van der Waals surface area (Å²) in [6.45, 7) is 0.187. The van der Waals surface area contributed by atoms with Gasteiger partial charge in [0.15, 0.2) is 23.1 Å². The number of methoxy groups -OCH3 is 2. The van der Waals surface area contributed by atoms with Crippen LogP contribution in [-0.4, -0.2) is 33.5 Å². The van der Waals surface area contributed by atoms with Crippen LogP contribution in [0.4, 0.5) is 8.78 Å². The van der Waals surface area contributed by atoms with Gasteiger partial charge in [-0.3, -0.25) is 0 Å². The lowest BCUT2D eigenvalue weighted by molar-refractivity contribution is 0.334. The minimum Gasteiger partial charge on any atom is -0.493 e. The predicted octanol–water partition coefficient (Wildman–Crippen LogP) is 4.38. The molecule has 0 saturated heterocycles. The summed E-state index contributed by atoms with van der Waals surface area (Å²) >= 11 is 1.42. The molecule has 3 aromatic rings. The summed E-state index contributed by atoms with van der Waals surface area (Å²) in [6, 6.07) is 9.36. The van der Waals surface area contributed by atoms with Crippen molar-refractivity contribution >= 4 is 21.4 Å². The molecule has 158 valence electrons. The van der Waals surface area contributed by atoms with Crippen LogP contribution in [0.3, 0.4) is 0 Å². The zero-order valence-corrected chi connectivity index (χ0v) is 17.9. The van der Waals surface area contributed by atoms with Gasteiger partial charge >= 0.3 is 0 Å². The lowest BCUT2D eigenvalue weighted by atomic mass is 9.92.